The van der Waals surface area contributed by atoms with E-state index in [1.807, 2.05) is 4.90 Å². The monoisotopic (exact) mass is 639 g/mol. The topological polar surface area (TPSA) is 81.2 Å². The predicted octanol–water partition coefficient (Wildman–Crippen LogP) is 4.73. The summed E-state index contributed by atoms with van der Waals surface area (Å²) >= 11 is 5.49. The molecular formula is C31H50BrN3O4S. The van der Waals surface area contributed by atoms with Crippen molar-refractivity contribution in [2.75, 3.05) is 26.7 Å². The van der Waals surface area contributed by atoms with Crippen LogP contribution in [0.15, 0.2) is 25.3 Å². The number of alkyl halides is 1. The number of aliphatic hydroxyl groups is 1. The minimum atomic E-state index is -0.780. The third-order valence-electron chi connectivity index (χ3n) is 8.64. The molecule has 3 rings (SSSR count). The number of fused-ring (bicyclic) bond motifs is 1. The molecule has 3 amide bonds. The van der Waals surface area contributed by atoms with E-state index in [1.54, 1.807) is 40.8 Å². The van der Waals surface area contributed by atoms with E-state index in [1.165, 1.54) is 0 Å². The molecule has 1 N–H and O–H groups in total. The first-order valence-corrected chi connectivity index (χ1v) is 16.3. The van der Waals surface area contributed by atoms with Crippen molar-refractivity contribution in [2.24, 2.45) is 23.2 Å². The second-order valence-corrected chi connectivity index (χ2v) is 16.9. The van der Waals surface area contributed by atoms with Crippen molar-refractivity contribution in [1.29, 1.82) is 0 Å². The largest absolute Gasteiger partial charge is 0.394 e. The first kappa shape index (κ1) is 33.2. The Hall–Kier alpha value is -1.32. The number of hydrogen-bond acceptors (Lipinski definition) is 5. The van der Waals surface area contributed by atoms with E-state index in [4.69, 9.17) is 0 Å². The van der Waals surface area contributed by atoms with Crippen LogP contribution in [0.1, 0.15) is 67.7 Å². The highest BCUT2D eigenvalue weighted by Crippen LogP contribution is 2.68. The molecule has 0 saturated carbocycles. The van der Waals surface area contributed by atoms with Gasteiger partial charge in [-0.05, 0) is 44.4 Å². The highest BCUT2D eigenvalue weighted by Gasteiger charge is 2.76. The molecule has 9 heteroatoms. The van der Waals surface area contributed by atoms with Gasteiger partial charge in [0.1, 0.15) is 6.04 Å². The molecule has 3 fully saturated rings. The molecule has 3 saturated heterocycles. The quantitative estimate of drug-likeness (QED) is 0.247. The predicted molar refractivity (Wildman–Crippen MR) is 167 cm³/mol. The number of nitrogens with zero attached hydrogens (tertiary/aromatic N) is 3. The molecule has 3 aliphatic rings. The summed E-state index contributed by atoms with van der Waals surface area (Å²) in [5.41, 5.74) is -0.538. The lowest BCUT2D eigenvalue weighted by molar-refractivity contribution is -0.149. The lowest BCUT2D eigenvalue weighted by atomic mass is 9.70. The molecule has 0 aromatic heterocycles. The van der Waals surface area contributed by atoms with E-state index in [0.717, 1.165) is 6.42 Å². The van der Waals surface area contributed by atoms with E-state index in [2.05, 4.69) is 77.6 Å². The zero-order chi connectivity index (χ0) is 30.4. The Labute approximate surface area is 254 Å². The first-order chi connectivity index (χ1) is 18.5. The molecule has 3 aliphatic heterocycles. The van der Waals surface area contributed by atoms with Gasteiger partial charge in [-0.25, -0.2) is 0 Å². The van der Waals surface area contributed by atoms with Crippen LogP contribution < -0.4 is 0 Å². The maximum absolute atomic E-state index is 14.9. The average Bonchev–Trinajstić information content (AvgIpc) is 3.41. The average molecular weight is 641 g/mol. The van der Waals surface area contributed by atoms with Crippen LogP contribution in [0.5, 0.6) is 0 Å². The summed E-state index contributed by atoms with van der Waals surface area (Å²) in [5, 5.41) is 10.5. The summed E-state index contributed by atoms with van der Waals surface area (Å²) < 4.78 is -0.760. The van der Waals surface area contributed by atoms with Gasteiger partial charge in [-0.15, -0.1) is 24.9 Å². The summed E-state index contributed by atoms with van der Waals surface area (Å²) in [6.07, 6.45) is 5.38. The van der Waals surface area contributed by atoms with Crippen molar-refractivity contribution in [3.8, 4) is 0 Å². The minimum Gasteiger partial charge on any atom is -0.394 e. The number of thioether (sulfide) groups is 1. The van der Waals surface area contributed by atoms with Crippen LogP contribution in [0.25, 0.3) is 0 Å². The molecule has 40 heavy (non-hydrogen) atoms. The van der Waals surface area contributed by atoms with Gasteiger partial charge in [-0.1, -0.05) is 62.7 Å². The van der Waals surface area contributed by atoms with Gasteiger partial charge in [-0.3, -0.25) is 14.4 Å². The molecule has 0 aromatic carbocycles. The Morgan fingerprint density at radius 2 is 1.77 bits per heavy atom. The molecule has 226 valence electrons. The van der Waals surface area contributed by atoms with Crippen LogP contribution in [0.3, 0.4) is 0 Å². The number of amides is 3. The molecular weight excluding hydrogens is 590 g/mol. The number of likely N-dealkylation sites (tertiary alicyclic amines) is 1. The van der Waals surface area contributed by atoms with E-state index in [9.17, 15) is 19.5 Å². The van der Waals surface area contributed by atoms with E-state index < -0.39 is 34.2 Å². The molecule has 0 aromatic rings. The minimum absolute atomic E-state index is 0.00371. The molecule has 7 atom stereocenters. The zero-order valence-corrected chi connectivity index (χ0v) is 28.1. The van der Waals surface area contributed by atoms with Crippen molar-refractivity contribution < 1.29 is 19.5 Å². The van der Waals surface area contributed by atoms with Crippen LogP contribution in [0, 0.1) is 23.2 Å². The van der Waals surface area contributed by atoms with Gasteiger partial charge >= 0.3 is 0 Å². The smallest absolute Gasteiger partial charge is 0.247 e. The van der Waals surface area contributed by atoms with Crippen LogP contribution in [-0.4, -0.2) is 96.7 Å². The fourth-order valence-corrected chi connectivity index (χ4v) is 11.3. The first-order valence-electron chi connectivity index (χ1n) is 14.5. The van der Waals surface area contributed by atoms with Crippen molar-refractivity contribution in [2.45, 2.75) is 100 Å². The van der Waals surface area contributed by atoms with Gasteiger partial charge < -0.3 is 19.8 Å². The summed E-state index contributed by atoms with van der Waals surface area (Å²) in [5.74, 6) is -1.34. The lowest BCUT2D eigenvalue weighted by Gasteiger charge is -2.47. The third-order valence-corrected chi connectivity index (χ3v) is 11.9. The number of likely N-dealkylation sites (N-methyl/N-ethyl adjacent to an activating group) is 1. The van der Waals surface area contributed by atoms with Crippen molar-refractivity contribution in [3.63, 3.8) is 0 Å². The Morgan fingerprint density at radius 1 is 1.18 bits per heavy atom. The Morgan fingerprint density at radius 3 is 2.27 bits per heavy atom. The molecule has 3 heterocycles. The van der Waals surface area contributed by atoms with Gasteiger partial charge in [0, 0.05) is 35.8 Å². The zero-order valence-electron chi connectivity index (χ0n) is 25.7. The number of carbonyl (C=O) groups excluding carboxylic acids is 3. The molecule has 0 aliphatic carbocycles. The van der Waals surface area contributed by atoms with Crippen molar-refractivity contribution >= 4 is 45.4 Å². The van der Waals surface area contributed by atoms with Crippen molar-refractivity contribution in [1.82, 2.24) is 14.7 Å². The highest BCUT2D eigenvalue weighted by molar-refractivity contribution is 9.09. The van der Waals surface area contributed by atoms with Crippen LogP contribution in [0.4, 0.5) is 0 Å². The number of aliphatic hydroxyl groups excluding tert-OH is 1. The van der Waals surface area contributed by atoms with Gasteiger partial charge in [-0.2, -0.15) is 0 Å². The highest BCUT2D eigenvalue weighted by atomic mass is 79.9. The van der Waals surface area contributed by atoms with Crippen LogP contribution in [-0.2, 0) is 14.4 Å². The molecule has 7 nitrogen and oxygen atoms in total. The molecule has 1 spiro atoms. The Bertz CT molecular complexity index is 1010. The van der Waals surface area contributed by atoms with E-state index in [0.29, 0.717) is 25.9 Å². The molecule has 3 unspecified atom stereocenters. The summed E-state index contributed by atoms with van der Waals surface area (Å²) in [4.78, 5) is 48.5. The molecule has 0 radical (unpaired) electrons. The number of carbonyl (C=O) groups is 3. The van der Waals surface area contributed by atoms with Gasteiger partial charge in [0.15, 0.2) is 0 Å². The maximum Gasteiger partial charge on any atom is 0.247 e. The van der Waals surface area contributed by atoms with Crippen molar-refractivity contribution in [3.05, 3.63) is 25.3 Å². The number of rotatable bonds is 12. The van der Waals surface area contributed by atoms with Crippen LogP contribution >= 0.6 is 27.7 Å². The summed E-state index contributed by atoms with van der Waals surface area (Å²) in [6, 6.07) is -1.29. The Balaban J connectivity index is 2.19. The Kier molecular flexibility index (Phi) is 10.1. The SMILES string of the molecule is C=CCN(C)C(=O)[C@H]1[C@H]2C(=O)N([C@@H](CO)CC(C)C)C(C(=O)N(CC=C)C(C)(C)CC(C)(C)C)C23CC(Br)[C@@H]1S3. The number of hydrogen-bond donors (Lipinski definition) is 1. The second kappa shape index (κ2) is 12.1. The van der Waals surface area contributed by atoms with Gasteiger partial charge in [0.25, 0.3) is 0 Å². The van der Waals surface area contributed by atoms with Crippen LogP contribution in [0.2, 0.25) is 0 Å². The van der Waals surface area contributed by atoms with E-state index >= 15 is 0 Å². The maximum atomic E-state index is 14.9. The summed E-state index contributed by atoms with van der Waals surface area (Å²) in [7, 11) is 1.74. The second-order valence-electron chi connectivity index (χ2n) is 14.2. The van der Waals surface area contributed by atoms with E-state index in [-0.39, 0.29) is 45.7 Å². The molecule has 2 bridgehead atoms. The lowest BCUT2D eigenvalue weighted by Crippen LogP contribution is -2.62. The van der Waals surface area contributed by atoms with Gasteiger partial charge in [0.2, 0.25) is 17.7 Å². The standard InChI is InChI=1S/C31H50BrN3O4S/c1-11-13-33(10)26(37)22-23-27(38)35(20(17-36)15-19(3)4)25(31(23)16-21(32)24(22)40-31)28(39)34(14-12-2)30(8,9)18-29(5,6)7/h11-12,19-25,36H,1-2,13-18H2,3-10H3/t20-,21?,22+,23+,24+,25?,31?/m1/s1. The van der Waals surface area contributed by atoms with Gasteiger partial charge in [0.05, 0.1) is 29.2 Å². The number of halogens is 1. The fraction of sp³-hybridized carbons (Fsp3) is 0.774. The summed E-state index contributed by atoms with van der Waals surface area (Å²) in [6.45, 7) is 23.0. The normalized spacial score (nSPS) is 30.4. The third kappa shape index (κ3) is 5.94. The fourth-order valence-electron chi connectivity index (χ4n) is 7.69.